The first-order valence-corrected chi connectivity index (χ1v) is 18.8. The van der Waals surface area contributed by atoms with E-state index in [1.54, 1.807) is 0 Å². The molecule has 0 spiro atoms. The summed E-state index contributed by atoms with van der Waals surface area (Å²) in [5.74, 6) is 0. The van der Waals surface area contributed by atoms with Crippen LogP contribution >= 0.6 is 0 Å². The Morgan fingerprint density at radius 1 is 0.528 bits per heavy atom. The first-order chi connectivity index (χ1) is 25.5. The molecule has 2 nitrogen and oxygen atoms in total. The molecule has 0 fully saturated rings. The van der Waals surface area contributed by atoms with Gasteiger partial charge in [-0.15, -0.1) is 0 Å². The van der Waals surface area contributed by atoms with Crippen LogP contribution in [0.4, 0.5) is 0 Å². The number of aryl methyl sites for hydroxylation is 2. The molecule has 0 saturated heterocycles. The molecule has 0 radical (unpaired) electrons. The molecule has 1 aliphatic carbocycles. The average Bonchev–Trinajstić information content (AvgIpc) is 3.38. The summed E-state index contributed by atoms with van der Waals surface area (Å²) in [7, 11) is 2.14. The maximum Gasteiger partial charge on any atom is 0.218 e. The molecule has 9 rings (SSSR count). The lowest BCUT2D eigenvalue weighted by Crippen LogP contribution is -2.31. The van der Waals surface area contributed by atoms with Gasteiger partial charge in [0, 0.05) is 41.3 Å². The maximum absolute atomic E-state index is 2.47. The number of nitrogens with zero attached hydrogens (tertiary/aromatic N) is 2. The summed E-state index contributed by atoms with van der Waals surface area (Å²) >= 11 is 0. The van der Waals surface area contributed by atoms with Gasteiger partial charge in [0.05, 0.1) is 5.56 Å². The van der Waals surface area contributed by atoms with Crippen molar-refractivity contribution in [3.05, 3.63) is 168 Å². The first-order valence-electron chi connectivity index (χ1n) is 18.8. The van der Waals surface area contributed by atoms with Gasteiger partial charge in [-0.1, -0.05) is 113 Å². The third-order valence-corrected chi connectivity index (χ3v) is 11.7. The quantitative estimate of drug-likeness (QED) is 0.129. The largest absolute Gasteiger partial charge is 0.218 e. The number of aromatic nitrogens is 2. The molecule has 2 aromatic heterocycles. The van der Waals surface area contributed by atoms with Crippen molar-refractivity contribution in [2.45, 2.75) is 52.4 Å². The van der Waals surface area contributed by atoms with Crippen molar-refractivity contribution < 1.29 is 9.13 Å². The van der Waals surface area contributed by atoms with Crippen molar-refractivity contribution in [2.75, 3.05) is 0 Å². The normalized spacial score (nSPS) is 13.6. The van der Waals surface area contributed by atoms with E-state index >= 15 is 0 Å². The van der Waals surface area contributed by atoms with Crippen LogP contribution in [-0.4, -0.2) is 0 Å². The van der Waals surface area contributed by atoms with Gasteiger partial charge in [-0.25, -0.2) is 4.57 Å². The van der Waals surface area contributed by atoms with E-state index in [4.69, 9.17) is 0 Å². The van der Waals surface area contributed by atoms with Crippen molar-refractivity contribution in [3.63, 3.8) is 0 Å². The van der Waals surface area contributed by atoms with Gasteiger partial charge >= 0.3 is 0 Å². The fraction of sp³-hybridized carbons (Fsp3) is 0.176. The number of fused-ring (bicyclic) bond motifs is 9. The number of pyridine rings is 2. The molecule has 8 aromatic rings. The summed E-state index contributed by atoms with van der Waals surface area (Å²) in [5, 5.41) is 7.68. The Morgan fingerprint density at radius 2 is 1.15 bits per heavy atom. The van der Waals surface area contributed by atoms with E-state index < -0.39 is 0 Å². The smallest absolute Gasteiger partial charge is 0.201 e. The Kier molecular flexibility index (Phi) is 7.54. The highest BCUT2D eigenvalue weighted by molar-refractivity contribution is 6.26. The molecule has 0 N–H and O–H groups in total. The maximum atomic E-state index is 2.47. The van der Waals surface area contributed by atoms with Gasteiger partial charge in [0.2, 0.25) is 11.4 Å². The molecule has 0 saturated carbocycles. The molecule has 6 aromatic carbocycles. The van der Waals surface area contributed by atoms with Crippen molar-refractivity contribution >= 4 is 44.6 Å². The minimum atomic E-state index is -0.0746. The lowest BCUT2D eigenvalue weighted by atomic mass is 9.81. The van der Waals surface area contributed by atoms with E-state index in [0.717, 1.165) is 0 Å². The average molecular weight is 687 g/mol. The van der Waals surface area contributed by atoms with Crippen LogP contribution < -0.4 is 9.13 Å². The summed E-state index contributed by atoms with van der Waals surface area (Å²) < 4.78 is 4.56. The minimum Gasteiger partial charge on any atom is -0.201 e. The third kappa shape index (κ3) is 5.31. The van der Waals surface area contributed by atoms with Crippen molar-refractivity contribution in [1.29, 1.82) is 0 Å². The van der Waals surface area contributed by atoms with Gasteiger partial charge in [-0.2, -0.15) is 4.57 Å². The van der Waals surface area contributed by atoms with Crippen LogP contribution in [0.3, 0.4) is 0 Å². The van der Waals surface area contributed by atoms with E-state index in [2.05, 4.69) is 210 Å². The highest BCUT2D eigenvalue weighted by Crippen LogP contribution is 2.50. The van der Waals surface area contributed by atoms with E-state index in [0.29, 0.717) is 0 Å². The molecule has 2 heterocycles. The summed E-state index contributed by atoms with van der Waals surface area (Å²) in [6.07, 6.45) is 8.98. The van der Waals surface area contributed by atoms with Crippen molar-refractivity contribution in [2.24, 2.45) is 7.05 Å². The van der Waals surface area contributed by atoms with Gasteiger partial charge in [-0.05, 0) is 108 Å². The van der Waals surface area contributed by atoms with Crippen LogP contribution in [0.5, 0.6) is 0 Å². The Bertz CT molecular complexity index is 2810. The molecule has 258 valence electrons. The predicted molar refractivity (Wildman–Crippen MR) is 224 cm³/mol. The monoisotopic (exact) mass is 686 g/mol. The zero-order valence-electron chi connectivity index (χ0n) is 31.8. The number of hydrogen-bond donors (Lipinski definition) is 0. The van der Waals surface area contributed by atoms with E-state index in [1.807, 2.05) is 0 Å². The van der Waals surface area contributed by atoms with Crippen LogP contribution in [0, 0.1) is 6.92 Å². The highest BCUT2D eigenvalue weighted by Gasteiger charge is 2.36. The molecule has 0 aliphatic heterocycles. The lowest BCUT2D eigenvalue weighted by molar-refractivity contribution is -0.660. The molecule has 0 amide bonds. The molecular weight excluding hydrogens is 641 g/mol. The summed E-state index contributed by atoms with van der Waals surface area (Å²) in [5.41, 5.74) is 14.1. The third-order valence-electron chi connectivity index (χ3n) is 11.7. The molecular formula is C51H46N2+2. The number of benzene rings is 6. The topological polar surface area (TPSA) is 7.76 Å². The summed E-state index contributed by atoms with van der Waals surface area (Å²) in [6, 6.07) is 47.5. The Labute approximate surface area is 313 Å². The van der Waals surface area contributed by atoms with Crippen molar-refractivity contribution in [1.82, 2.24) is 0 Å². The van der Waals surface area contributed by atoms with Crippen molar-refractivity contribution in [3.8, 4) is 33.6 Å². The zero-order chi connectivity index (χ0) is 36.6. The van der Waals surface area contributed by atoms with Gasteiger partial charge in [0.15, 0.2) is 18.6 Å². The molecule has 0 atom stereocenters. The Hall–Kier alpha value is -5.86. The fourth-order valence-corrected chi connectivity index (χ4v) is 8.75. The second kappa shape index (κ2) is 12.1. The first kappa shape index (κ1) is 33.0. The van der Waals surface area contributed by atoms with Gasteiger partial charge < -0.3 is 0 Å². The highest BCUT2D eigenvalue weighted by atomic mass is 14.9. The number of hydrogen-bond acceptors (Lipinski definition) is 0. The van der Waals surface area contributed by atoms with Gasteiger partial charge in [-0.3, -0.25) is 0 Å². The SMILES string of the molecule is Cc1cc2c(cc1-c1cc(C(C)(C)C)cc[n+]1/C=C\c1cc3c4ccccc4c4ccccc4c3cc1-c1cccc[n+]1C)C(C)(C)c1ccccc1-2. The number of rotatable bonds is 4. The van der Waals surface area contributed by atoms with E-state index in [9.17, 15) is 0 Å². The molecule has 53 heavy (non-hydrogen) atoms. The van der Waals surface area contributed by atoms with E-state index in [1.165, 1.54) is 93.8 Å². The van der Waals surface area contributed by atoms with Gasteiger partial charge in [0.1, 0.15) is 7.05 Å². The Morgan fingerprint density at radius 3 is 1.83 bits per heavy atom. The summed E-state index contributed by atoms with van der Waals surface area (Å²) in [4.78, 5) is 0. The minimum absolute atomic E-state index is 0.00903. The van der Waals surface area contributed by atoms with Crippen LogP contribution in [0.2, 0.25) is 0 Å². The Balaban J connectivity index is 1.28. The molecule has 2 heteroatoms. The molecule has 0 unspecified atom stereocenters. The second-order valence-electron chi connectivity index (χ2n) is 16.4. The van der Waals surface area contributed by atoms with Crippen LogP contribution in [-0.2, 0) is 17.9 Å². The van der Waals surface area contributed by atoms with E-state index in [-0.39, 0.29) is 10.8 Å². The lowest BCUT2D eigenvalue weighted by Gasteiger charge is -2.22. The molecule has 1 aliphatic rings. The van der Waals surface area contributed by atoms with Gasteiger partial charge in [0.25, 0.3) is 0 Å². The predicted octanol–water partition coefficient (Wildman–Crippen LogP) is 12.1. The van der Waals surface area contributed by atoms with Crippen LogP contribution in [0.15, 0.2) is 140 Å². The fourth-order valence-electron chi connectivity index (χ4n) is 8.75. The zero-order valence-corrected chi connectivity index (χ0v) is 31.8. The standard InChI is InChI=1S/C51H46N2/c1-33-28-45-40-20-12-13-21-46(40)51(5,6)47(45)32-41(33)49-30-35(50(2,3)4)24-27-53(49)26-23-34-29-43-38-18-10-8-16-36(38)37-17-9-11-19-39(37)44(43)31-42(34)48-22-14-15-25-52(48)7/h8-32H,1-7H3/q+2/b26-23-. The summed E-state index contributed by atoms with van der Waals surface area (Å²) in [6.45, 7) is 13.9. The molecule has 0 bridgehead atoms. The second-order valence-corrected chi connectivity index (χ2v) is 16.4. The van der Waals surface area contributed by atoms with Crippen LogP contribution in [0.1, 0.15) is 62.4 Å². The van der Waals surface area contributed by atoms with Crippen LogP contribution in [0.25, 0.3) is 78.2 Å².